The molecule has 0 heterocycles. The summed E-state index contributed by atoms with van der Waals surface area (Å²) in [5.41, 5.74) is 5.71. The lowest BCUT2D eigenvalue weighted by Crippen LogP contribution is -2.32. The maximum absolute atomic E-state index is 8.69. The van der Waals surface area contributed by atoms with Gasteiger partial charge in [-0.2, -0.15) is 5.26 Å². The monoisotopic (exact) mass is 180 g/mol. The van der Waals surface area contributed by atoms with Gasteiger partial charge in [0, 0.05) is 0 Å². The van der Waals surface area contributed by atoms with E-state index < -0.39 is 0 Å². The molecule has 0 spiro atoms. The Morgan fingerprint density at radius 3 is 2.00 bits per heavy atom. The summed E-state index contributed by atoms with van der Waals surface area (Å²) in [5, 5.41) is 8.69. The lowest BCUT2D eigenvalue weighted by molar-refractivity contribution is 0.216. The molecule has 1 fully saturated rings. The van der Waals surface area contributed by atoms with Gasteiger partial charge in [0.15, 0.2) is 0 Å². The van der Waals surface area contributed by atoms with Crippen LogP contribution in [0, 0.1) is 29.1 Å². The zero-order chi connectivity index (χ0) is 9.84. The topological polar surface area (TPSA) is 49.8 Å². The van der Waals surface area contributed by atoms with Crippen molar-refractivity contribution in [2.24, 2.45) is 23.5 Å². The lowest BCUT2D eigenvalue weighted by atomic mass is 9.75. The standard InChI is InChI=1S/C11H20N2/c1-8(2)9-3-5-10(6-4-9)11(13)7-12/h8-11H,3-6,13H2,1-2H3. The molecular formula is C11H20N2. The normalized spacial score (nSPS) is 31.3. The fourth-order valence-electron chi connectivity index (χ4n) is 2.28. The predicted octanol–water partition coefficient (Wildman–Crippen LogP) is 2.30. The van der Waals surface area contributed by atoms with Crippen LogP contribution in [0.5, 0.6) is 0 Å². The van der Waals surface area contributed by atoms with Crippen molar-refractivity contribution in [3.63, 3.8) is 0 Å². The van der Waals surface area contributed by atoms with Crippen molar-refractivity contribution in [2.75, 3.05) is 0 Å². The highest BCUT2D eigenvalue weighted by Crippen LogP contribution is 2.34. The van der Waals surface area contributed by atoms with Crippen LogP contribution in [0.15, 0.2) is 0 Å². The molecule has 1 aliphatic carbocycles. The largest absolute Gasteiger partial charge is 0.316 e. The molecule has 13 heavy (non-hydrogen) atoms. The maximum Gasteiger partial charge on any atom is 0.0956 e. The second-order valence-electron chi connectivity index (χ2n) is 4.57. The Bertz CT molecular complexity index is 185. The van der Waals surface area contributed by atoms with Crippen LogP contribution in [0.2, 0.25) is 0 Å². The molecule has 1 atom stereocenters. The van der Waals surface area contributed by atoms with E-state index in [2.05, 4.69) is 19.9 Å². The van der Waals surface area contributed by atoms with Gasteiger partial charge in [0.25, 0.3) is 0 Å². The molecule has 0 aromatic rings. The van der Waals surface area contributed by atoms with Crippen molar-refractivity contribution >= 4 is 0 Å². The summed E-state index contributed by atoms with van der Waals surface area (Å²) >= 11 is 0. The number of hydrogen-bond acceptors (Lipinski definition) is 2. The molecule has 1 saturated carbocycles. The second kappa shape index (κ2) is 4.62. The zero-order valence-electron chi connectivity index (χ0n) is 8.66. The first-order valence-corrected chi connectivity index (χ1v) is 5.30. The van der Waals surface area contributed by atoms with E-state index in [1.165, 1.54) is 12.8 Å². The third-order valence-corrected chi connectivity index (χ3v) is 3.42. The van der Waals surface area contributed by atoms with Gasteiger partial charge in [-0.15, -0.1) is 0 Å². The van der Waals surface area contributed by atoms with E-state index in [1.54, 1.807) is 0 Å². The number of rotatable bonds is 2. The molecule has 0 radical (unpaired) electrons. The van der Waals surface area contributed by atoms with E-state index >= 15 is 0 Å². The highest BCUT2D eigenvalue weighted by atomic mass is 14.7. The van der Waals surface area contributed by atoms with Crippen LogP contribution in [0.3, 0.4) is 0 Å². The zero-order valence-corrected chi connectivity index (χ0v) is 8.66. The van der Waals surface area contributed by atoms with Gasteiger partial charge in [-0.3, -0.25) is 0 Å². The molecule has 1 aliphatic rings. The summed E-state index contributed by atoms with van der Waals surface area (Å²) in [6, 6.07) is 1.93. The van der Waals surface area contributed by atoms with Crippen LogP contribution >= 0.6 is 0 Å². The first-order valence-electron chi connectivity index (χ1n) is 5.30. The minimum Gasteiger partial charge on any atom is -0.316 e. The average Bonchev–Trinajstić information content (AvgIpc) is 2.17. The fraction of sp³-hybridized carbons (Fsp3) is 0.909. The van der Waals surface area contributed by atoms with Crippen LogP contribution < -0.4 is 5.73 Å². The van der Waals surface area contributed by atoms with Gasteiger partial charge < -0.3 is 5.73 Å². The summed E-state index contributed by atoms with van der Waals surface area (Å²) in [7, 11) is 0. The summed E-state index contributed by atoms with van der Waals surface area (Å²) in [4.78, 5) is 0. The number of hydrogen-bond donors (Lipinski definition) is 1. The van der Waals surface area contributed by atoms with Crippen LogP contribution in [-0.4, -0.2) is 6.04 Å². The minimum absolute atomic E-state index is 0.229. The van der Waals surface area contributed by atoms with Gasteiger partial charge in [-0.05, 0) is 43.4 Å². The third-order valence-electron chi connectivity index (χ3n) is 3.42. The molecule has 0 aliphatic heterocycles. The van der Waals surface area contributed by atoms with Crippen molar-refractivity contribution in [3.8, 4) is 6.07 Å². The molecule has 2 nitrogen and oxygen atoms in total. The number of nitrogens with zero attached hydrogens (tertiary/aromatic N) is 1. The Morgan fingerprint density at radius 2 is 1.62 bits per heavy atom. The quantitative estimate of drug-likeness (QED) is 0.709. The van der Waals surface area contributed by atoms with E-state index in [9.17, 15) is 0 Å². The van der Waals surface area contributed by atoms with Crippen LogP contribution in [0.1, 0.15) is 39.5 Å². The van der Waals surface area contributed by atoms with E-state index in [0.717, 1.165) is 24.7 Å². The molecule has 74 valence electrons. The maximum atomic E-state index is 8.69. The van der Waals surface area contributed by atoms with Crippen LogP contribution in [0.25, 0.3) is 0 Å². The van der Waals surface area contributed by atoms with Crippen molar-refractivity contribution in [1.82, 2.24) is 0 Å². The number of nitriles is 1. The molecule has 2 heteroatoms. The summed E-state index contributed by atoms with van der Waals surface area (Å²) in [6.45, 7) is 4.57. The molecule has 0 saturated heterocycles. The molecule has 1 rings (SSSR count). The summed E-state index contributed by atoms with van der Waals surface area (Å²) in [5.74, 6) is 2.11. The second-order valence-corrected chi connectivity index (χ2v) is 4.57. The van der Waals surface area contributed by atoms with Gasteiger partial charge in [-0.1, -0.05) is 13.8 Å². The van der Waals surface area contributed by atoms with Gasteiger partial charge in [0.05, 0.1) is 12.1 Å². The molecule has 0 bridgehead atoms. The predicted molar refractivity (Wildman–Crippen MR) is 53.9 cm³/mol. The molecule has 1 unspecified atom stereocenters. The van der Waals surface area contributed by atoms with Crippen molar-refractivity contribution in [3.05, 3.63) is 0 Å². The Labute approximate surface area is 81.1 Å². The first kappa shape index (κ1) is 10.5. The van der Waals surface area contributed by atoms with Crippen molar-refractivity contribution in [1.29, 1.82) is 5.26 Å². The fourth-order valence-corrected chi connectivity index (χ4v) is 2.28. The number of nitrogens with two attached hydrogens (primary N) is 1. The van der Waals surface area contributed by atoms with E-state index in [-0.39, 0.29) is 6.04 Å². The molecule has 0 aromatic carbocycles. The molecule has 2 N–H and O–H groups in total. The van der Waals surface area contributed by atoms with Gasteiger partial charge in [0.1, 0.15) is 0 Å². The molecular weight excluding hydrogens is 160 g/mol. The van der Waals surface area contributed by atoms with Crippen LogP contribution in [-0.2, 0) is 0 Å². The van der Waals surface area contributed by atoms with Gasteiger partial charge in [0.2, 0.25) is 0 Å². The van der Waals surface area contributed by atoms with Crippen LogP contribution in [0.4, 0.5) is 0 Å². The van der Waals surface area contributed by atoms with E-state index in [0.29, 0.717) is 5.92 Å². The smallest absolute Gasteiger partial charge is 0.0956 e. The molecule has 0 amide bonds. The van der Waals surface area contributed by atoms with E-state index in [1.807, 2.05) is 0 Å². The Morgan fingerprint density at radius 1 is 1.15 bits per heavy atom. The summed E-state index contributed by atoms with van der Waals surface area (Å²) in [6.07, 6.45) is 4.82. The lowest BCUT2D eigenvalue weighted by Gasteiger charge is -2.31. The van der Waals surface area contributed by atoms with Gasteiger partial charge >= 0.3 is 0 Å². The third kappa shape index (κ3) is 2.70. The van der Waals surface area contributed by atoms with E-state index in [4.69, 9.17) is 11.0 Å². The Hall–Kier alpha value is -0.550. The molecule has 0 aromatic heterocycles. The van der Waals surface area contributed by atoms with Gasteiger partial charge in [-0.25, -0.2) is 0 Å². The first-order chi connectivity index (χ1) is 6.15. The summed E-state index contributed by atoms with van der Waals surface area (Å²) < 4.78 is 0. The minimum atomic E-state index is -0.229. The highest BCUT2D eigenvalue weighted by molar-refractivity contribution is 4.94. The SMILES string of the molecule is CC(C)C1CCC(C(N)C#N)CC1. The van der Waals surface area contributed by atoms with Crippen molar-refractivity contribution in [2.45, 2.75) is 45.6 Å². The average molecular weight is 180 g/mol. The highest BCUT2D eigenvalue weighted by Gasteiger charge is 2.26. The Balaban J connectivity index is 2.35. The van der Waals surface area contributed by atoms with Crippen molar-refractivity contribution < 1.29 is 0 Å². The Kier molecular flexibility index (Phi) is 3.74.